The molecule has 0 unspecified atom stereocenters. The molecule has 1 aliphatic carbocycles. The minimum atomic E-state index is -0.286. The first-order chi connectivity index (χ1) is 15.7. The smallest absolute Gasteiger partial charge is 0.275 e. The molecule has 1 saturated carbocycles. The van der Waals surface area contributed by atoms with Crippen molar-refractivity contribution < 1.29 is 9.53 Å². The molecule has 2 atom stereocenters. The summed E-state index contributed by atoms with van der Waals surface area (Å²) in [5, 5.41) is 17.0. The molecule has 1 fully saturated rings. The SMILES string of the molecule is CCO[C@@H]1CC[C@H](n2cc(NC(=O)c3csc(-c4cn[nH]c4)n3)c(-c3ccccn3)n2)C1. The molecule has 1 aliphatic rings. The fourth-order valence-corrected chi connectivity index (χ4v) is 4.75. The molecule has 0 saturated heterocycles. The van der Waals surface area contributed by atoms with E-state index in [2.05, 4.69) is 25.5 Å². The molecule has 0 aliphatic heterocycles. The summed E-state index contributed by atoms with van der Waals surface area (Å²) in [7, 11) is 0. The van der Waals surface area contributed by atoms with Crippen molar-refractivity contribution in [3.63, 3.8) is 0 Å². The minimum Gasteiger partial charge on any atom is -0.378 e. The number of hydrogen-bond donors (Lipinski definition) is 2. The van der Waals surface area contributed by atoms with Gasteiger partial charge in [-0.3, -0.25) is 19.6 Å². The first kappa shape index (κ1) is 20.5. The zero-order valence-electron chi connectivity index (χ0n) is 17.6. The Morgan fingerprint density at radius 1 is 1.38 bits per heavy atom. The van der Waals surface area contributed by atoms with Crippen LogP contribution < -0.4 is 5.32 Å². The number of H-pyrrole nitrogens is 1. The van der Waals surface area contributed by atoms with E-state index in [0.29, 0.717) is 29.4 Å². The number of aromatic nitrogens is 6. The standard InChI is InChI=1S/C22H23N7O2S/c1-2-31-16-7-6-15(9-16)29-12-18(20(28-29)17-5-3-4-8-23-17)26-21(30)19-13-32-22(27-19)14-10-24-25-11-14/h3-5,8,10-13,15-16H,2,6-7,9H2,1H3,(H,24,25)(H,26,30)/t15-,16+/m0/s1. The van der Waals surface area contributed by atoms with E-state index in [1.807, 2.05) is 36.0 Å². The van der Waals surface area contributed by atoms with Crippen molar-refractivity contribution in [3.8, 4) is 22.0 Å². The quantitative estimate of drug-likeness (QED) is 0.438. The first-order valence-corrected chi connectivity index (χ1v) is 11.5. The predicted octanol–water partition coefficient (Wildman–Crippen LogP) is 4.17. The van der Waals surface area contributed by atoms with Crippen LogP contribution in [0.4, 0.5) is 5.69 Å². The van der Waals surface area contributed by atoms with E-state index in [1.165, 1.54) is 11.3 Å². The maximum atomic E-state index is 13.0. The Kier molecular flexibility index (Phi) is 5.78. The molecular formula is C22H23N7O2S. The first-order valence-electron chi connectivity index (χ1n) is 10.6. The number of anilines is 1. The summed E-state index contributed by atoms with van der Waals surface area (Å²) in [4.78, 5) is 21.9. The van der Waals surface area contributed by atoms with Gasteiger partial charge in [0.05, 0.1) is 29.7 Å². The Labute approximate surface area is 188 Å². The van der Waals surface area contributed by atoms with Gasteiger partial charge in [0.1, 0.15) is 16.4 Å². The molecule has 164 valence electrons. The van der Waals surface area contributed by atoms with Crippen LogP contribution in [0.2, 0.25) is 0 Å². The monoisotopic (exact) mass is 449 g/mol. The summed E-state index contributed by atoms with van der Waals surface area (Å²) >= 11 is 1.40. The van der Waals surface area contributed by atoms with Crippen molar-refractivity contribution in [2.75, 3.05) is 11.9 Å². The summed E-state index contributed by atoms with van der Waals surface area (Å²) in [6, 6.07) is 5.88. The number of thiazole rings is 1. The normalized spacial score (nSPS) is 18.2. The van der Waals surface area contributed by atoms with Crippen LogP contribution in [0.5, 0.6) is 0 Å². The van der Waals surface area contributed by atoms with Crippen LogP contribution in [-0.4, -0.2) is 48.6 Å². The topological polar surface area (TPSA) is 111 Å². The number of rotatable bonds is 7. The van der Waals surface area contributed by atoms with Crippen LogP contribution >= 0.6 is 11.3 Å². The van der Waals surface area contributed by atoms with E-state index in [9.17, 15) is 4.79 Å². The number of carbonyl (C=O) groups is 1. The Balaban J connectivity index is 1.41. The van der Waals surface area contributed by atoms with Gasteiger partial charge in [-0.05, 0) is 38.3 Å². The Hall–Kier alpha value is -3.37. The third-order valence-electron chi connectivity index (χ3n) is 5.50. The molecule has 4 heterocycles. The highest BCUT2D eigenvalue weighted by atomic mass is 32.1. The van der Waals surface area contributed by atoms with Gasteiger partial charge in [-0.15, -0.1) is 11.3 Å². The Bertz CT molecular complexity index is 1190. The number of hydrogen-bond acceptors (Lipinski definition) is 7. The highest BCUT2D eigenvalue weighted by Gasteiger charge is 2.28. The average molecular weight is 450 g/mol. The van der Waals surface area contributed by atoms with E-state index in [-0.39, 0.29) is 18.1 Å². The summed E-state index contributed by atoms with van der Waals surface area (Å²) in [6.45, 7) is 2.73. The van der Waals surface area contributed by atoms with Crippen LogP contribution in [-0.2, 0) is 4.74 Å². The molecule has 1 amide bonds. The van der Waals surface area contributed by atoms with Crippen LogP contribution in [0.1, 0.15) is 42.7 Å². The fraction of sp³-hybridized carbons (Fsp3) is 0.318. The van der Waals surface area contributed by atoms with Gasteiger partial charge in [0.2, 0.25) is 0 Å². The summed E-state index contributed by atoms with van der Waals surface area (Å²) < 4.78 is 7.74. The van der Waals surface area contributed by atoms with Crippen molar-refractivity contribution in [2.45, 2.75) is 38.3 Å². The average Bonchev–Trinajstić information content (AvgIpc) is 3.61. The molecule has 0 bridgehead atoms. The van der Waals surface area contributed by atoms with Crippen LogP contribution in [0.3, 0.4) is 0 Å². The van der Waals surface area contributed by atoms with Crippen molar-refractivity contribution in [1.29, 1.82) is 0 Å². The molecule has 2 N–H and O–H groups in total. The van der Waals surface area contributed by atoms with Crippen molar-refractivity contribution in [3.05, 3.63) is 54.1 Å². The van der Waals surface area contributed by atoms with E-state index in [1.54, 1.807) is 24.0 Å². The largest absolute Gasteiger partial charge is 0.378 e. The second-order valence-corrected chi connectivity index (χ2v) is 8.47. The van der Waals surface area contributed by atoms with Gasteiger partial charge in [-0.25, -0.2) is 4.98 Å². The maximum Gasteiger partial charge on any atom is 0.275 e. The molecule has 4 aromatic rings. The lowest BCUT2D eigenvalue weighted by atomic mass is 10.2. The Morgan fingerprint density at radius 3 is 3.09 bits per heavy atom. The third kappa shape index (κ3) is 4.19. The molecule has 4 aromatic heterocycles. The number of ether oxygens (including phenoxy) is 1. The van der Waals surface area contributed by atoms with Crippen molar-refractivity contribution >= 4 is 22.9 Å². The van der Waals surface area contributed by atoms with E-state index < -0.39 is 0 Å². The second-order valence-electron chi connectivity index (χ2n) is 7.61. The second kappa shape index (κ2) is 9.01. The van der Waals surface area contributed by atoms with Crippen LogP contribution in [0, 0.1) is 0 Å². The number of amides is 1. The van der Waals surface area contributed by atoms with Crippen LogP contribution in [0.15, 0.2) is 48.4 Å². The molecule has 5 rings (SSSR count). The molecule has 9 nitrogen and oxygen atoms in total. The minimum absolute atomic E-state index is 0.228. The highest BCUT2D eigenvalue weighted by molar-refractivity contribution is 7.13. The third-order valence-corrected chi connectivity index (χ3v) is 6.39. The summed E-state index contributed by atoms with van der Waals surface area (Å²) in [6.07, 6.45) is 10.2. The molecule has 10 heteroatoms. The molecule has 0 aromatic carbocycles. The Morgan fingerprint density at radius 2 is 2.31 bits per heavy atom. The van der Waals surface area contributed by atoms with Gasteiger partial charge in [-0.1, -0.05) is 6.07 Å². The van der Waals surface area contributed by atoms with Gasteiger partial charge in [0, 0.05) is 36.1 Å². The van der Waals surface area contributed by atoms with Gasteiger partial charge in [-0.2, -0.15) is 10.2 Å². The van der Waals surface area contributed by atoms with E-state index >= 15 is 0 Å². The molecular weight excluding hydrogens is 426 g/mol. The van der Waals surface area contributed by atoms with Gasteiger partial charge in [0.25, 0.3) is 5.91 Å². The molecule has 32 heavy (non-hydrogen) atoms. The molecule has 0 radical (unpaired) electrons. The van der Waals surface area contributed by atoms with E-state index in [0.717, 1.165) is 29.8 Å². The zero-order chi connectivity index (χ0) is 21.9. The van der Waals surface area contributed by atoms with E-state index in [4.69, 9.17) is 9.84 Å². The maximum absolute atomic E-state index is 13.0. The van der Waals surface area contributed by atoms with Crippen molar-refractivity contribution in [2.24, 2.45) is 0 Å². The van der Waals surface area contributed by atoms with Gasteiger partial charge >= 0.3 is 0 Å². The summed E-state index contributed by atoms with van der Waals surface area (Å²) in [5.74, 6) is -0.286. The number of nitrogens with one attached hydrogen (secondary N) is 2. The number of aromatic amines is 1. The lowest BCUT2D eigenvalue weighted by Gasteiger charge is -2.11. The lowest BCUT2D eigenvalue weighted by Crippen LogP contribution is -2.13. The summed E-state index contributed by atoms with van der Waals surface area (Å²) in [5.41, 5.74) is 3.16. The molecule has 0 spiro atoms. The number of pyridine rings is 1. The zero-order valence-corrected chi connectivity index (χ0v) is 18.4. The predicted molar refractivity (Wildman–Crippen MR) is 121 cm³/mol. The fourth-order valence-electron chi connectivity index (χ4n) is 3.97. The van der Waals surface area contributed by atoms with Gasteiger partial charge < -0.3 is 10.1 Å². The van der Waals surface area contributed by atoms with Crippen LogP contribution in [0.25, 0.3) is 22.0 Å². The lowest BCUT2D eigenvalue weighted by molar-refractivity contribution is 0.0654. The van der Waals surface area contributed by atoms with Gasteiger partial charge in [0.15, 0.2) is 0 Å². The number of carbonyl (C=O) groups excluding carboxylic acids is 1. The van der Waals surface area contributed by atoms with Crippen molar-refractivity contribution in [1.82, 2.24) is 29.9 Å². The highest BCUT2D eigenvalue weighted by Crippen LogP contribution is 2.35. The number of nitrogens with zero attached hydrogens (tertiary/aromatic N) is 5.